The summed E-state index contributed by atoms with van der Waals surface area (Å²) in [6.45, 7) is 9.10. The van der Waals surface area contributed by atoms with E-state index in [2.05, 4.69) is 29.5 Å². The maximum Gasteiger partial charge on any atom is 0.191 e. The quantitative estimate of drug-likeness (QED) is 0.316. The Morgan fingerprint density at radius 1 is 1.36 bits per heavy atom. The molecule has 142 valence electrons. The number of nitrogens with zero attached hydrogens (tertiary/aromatic N) is 1. The van der Waals surface area contributed by atoms with Gasteiger partial charge in [0.25, 0.3) is 0 Å². The van der Waals surface area contributed by atoms with Crippen LogP contribution in [0.1, 0.15) is 39.2 Å². The Morgan fingerprint density at radius 3 is 2.80 bits per heavy atom. The molecule has 0 bridgehead atoms. The minimum atomic E-state index is 0. The summed E-state index contributed by atoms with van der Waals surface area (Å²) in [5.41, 5.74) is 1.01. The number of hydrogen-bond acceptors (Lipinski definition) is 4. The zero-order valence-electron chi connectivity index (χ0n) is 15.3. The van der Waals surface area contributed by atoms with Crippen LogP contribution in [0.5, 0.6) is 11.5 Å². The average molecular weight is 479 g/mol. The summed E-state index contributed by atoms with van der Waals surface area (Å²) in [6.07, 6.45) is 2.55. The van der Waals surface area contributed by atoms with Gasteiger partial charge in [-0.05, 0) is 57.1 Å². The lowest BCUT2D eigenvalue weighted by Gasteiger charge is -2.24. The lowest BCUT2D eigenvalue weighted by molar-refractivity contribution is 0.318. The van der Waals surface area contributed by atoms with E-state index in [0.717, 1.165) is 24.6 Å². The van der Waals surface area contributed by atoms with Crippen LogP contribution >= 0.6 is 35.7 Å². The van der Waals surface area contributed by atoms with Crippen LogP contribution in [0.25, 0.3) is 0 Å². The van der Waals surface area contributed by atoms with Gasteiger partial charge in [-0.25, -0.2) is 4.99 Å². The summed E-state index contributed by atoms with van der Waals surface area (Å²) in [4.78, 5) is 4.65. The largest absolute Gasteiger partial charge is 0.504 e. The third kappa shape index (κ3) is 7.13. The topological polar surface area (TPSA) is 65.9 Å². The van der Waals surface area contributed by atoms with Crippen molar-refractivity contribution < 1.29 is 9.84 Å². The molecule has 1 aromatic carbocycles. The van der Waals surface area contributed by atoms with E-state index in [4.69, 9.17) is 4.74 Å². The van der Waals surface area contributed by atoms with Crippen LogP contribution in [-0.2, 0) is 6.54 Å². The second-order valence-corrected chi connectivity index (χ2v) is 7.87. The van der Waals surface area contributed by atoms with Crippen LogP contribution in [0.4, 0.5) is 0 Å². The number of guanidine groups is 1. The van der Waals surface area contributed by atoms with Crippen molar-refractivity contribution >= 4 is 41.7 Å². The van der Waals surface area contributed by atoms with E-state index >= 15 is 0 Å². The molecule has 0 spiro atoms. The first-order chi connectivity index (χ1) is 11.6. The first kappa shape index (κ1) is 22.2. The molecule has 1 fully saturated rings. The Labute approximate surface area is 172 Å². The number of ether oxygens (including phenoxy) is 1. The van der Waals surface area contributed by atoms with Gasteiger partial charge in [-0.2, -0.15) is 11.8 Å². The van der Waals surface area contributed by atoms with E-state index in [0.29, 0.717) is 23.6 Å². The van der Waals surface area contributed by atoms with Crippen molar-refractivity contribution in [3.63, 3.8) is 0 Å². The van der Waals surface area contributed by atoms with Crippen molar-refractivity contribution in [2.45, 2.75) is 44.9 Å². The predicted molar refractivity (Wildman–Crippen MR) is 118 cm³/mol. The van der Waals surface area contributed by atoms with Crippen LogP contribution in [0.2, 0.25) is 0 Å². The zero-order valence-corrected chi connectivity index (χ0v) is 18.4. The molecule has 7 heteroatoms. The Kier molecular flexibility index (Phi) is 9.78. The molecule has 1 aliphatic heterocycles. The highest BCUT2D eigenvalue weighted by Gasteiger charge is 2.29. The van der Waals surface area contributed by atoms with Crippen molar-refractivity contribution in [1.82, 2.24) is 10.6 Å². The lowest BCUT2D eigenvalue weighted by Crippen LogP contribution is -2.43. The number of nitrogens with one attached hydrogen (secondary N) is 2. The summed E-state index contributed by atoms with van der Waals surface area (Å²) >= 11 is 2.04. The van der Waals surface area contributed by atoms with Crippen molar-refractivity contribution in [2.75, 3.05) is 25.4 Å². The second-order valence-electron chi connectivity index (χ2n) is 6.19. The molecule has 5 nitrogen and oxygen atoms in total. The maximum absolute atomic E-state index is 9.77. The minimum Gasteiger partial charge on any atom is -0.504 e. The molecule has 1 aromatic rings. The molecule has 0 aliphatic carbocycles. The highest BCUT2D eigenvalue weighted by molar-refractivity contribution is 14.0. The number of rotatable bonds is 7. The Morgan fingerprint density at radius 2 is 2.16 bits per heavy atom. The SMILES string of the molecule is CCNC(=NCc1ccc(O)c(OCC)c1)NCC1(C)CCCS1.I. The Bertz CT molecular complexity index is 563. The summed E-state index contributed by atoms with van der Waals surface area (Å²) in [5, 5.41) is 16.5. The van der Waals surface area contributed by atoms with Crippen LogP contribution < -0.4 is 15.4 Å². The Hall–Kier alpha value is -0.830. The molecule has 3 N–H and O–H groups in total. The summed E-state index contributed by atoms with van der Waals surface area (Å²) in [6, 6.07) is 5.38. The molecule has 1 saturated heterocycles. The number of halogens is 1. The third-order valence-corrected chi connectivity index (χ3v) is 5.56. The van der Waals surface area contributed by atoms with Crippen molar-refractivity contribution in [3.8, 4) is 11.5 Å². The zero-order chi connectivity index (χ0) is 17.4. The molecule has 1 atom stereocenters. The first-order valence-electron chi connectivity index (χ1n) is 8.67. The minimum absolute atomic E-state index is 0. The van der Waals surface area contributed by atoms with Crippen LogP contribution in [-0.4, -0.2) is 41.3 Å². The van der Waals surface area contributed by atoms with Crippen molar-refractivity contribution in [1.29, 1.82) is 0 Å². The van der Waals surface area contributed by atoms with E-state index in [1.54, 1.807) is 6.07 Å². The van der Waals surface area contributed by atoms with Crippen molar-refractivity contribution in [2.24, 2.45) is 4.99 Å². The van der Waals surface area contributed by atoms with E-state index < -0.39 is 0 Å². The standard InChI is InChI=1S/C18H29N3O2S.HI/c1-4-19-17(21-13-18(3)9-6-10-24-18)20-12-14-7-8-15(22)16(11-14)23-5-2;/h7-8,11,22H,4-6,9-10,12-13H2,1-3H3,(H2,19,20,21);1H. The van der Waals surface area contributed by atoms with Crippen LogP contribution in [0, 0.1) is 0 Å². The lowest BCUT2D eigenvalue weighted by atomic mass is 10.1. The van der Waals surface area contributed by atoms with Crippen LogP contribution in [0.15, 0.2) is 23.2 Å². The molecule has 0 aromatic heterocycles. The number of aromatic hydroxyl groups is 1. The fraction of sp³-hybridized carbons (Fsp3) is 0.611. The number of phenolic OH excluding ortho intramolecular Hbond substituents is 1. The predicted octanol–water partition coefficient (Wildman–Crippen LogP) is 3.75. The highest BCUT2D eigenvalue weighted by Crippen LogP contribution is 2.36. The number of aliphatic imine (C=N–C) groups is 1. The van der Waals surface area contributed by atoms with Gasteiger partial charge in [0.15, 0.2) is 17.5 Å². The molecule has 0 amide bonds. The maximum atomic E-state index is 9.77. The first-order valence-corrected chi connectivity index (χ1v) is 9.65. The summed E-state index contributed by atoms with van der Waals surface area (Å²) in [7, 11) is 0. The fourth-order valence-electron chi connectivity index (χ4n) is 2.69. The van der Waals surface area contributed by atoms with Gasteiger partial charge in [-0.15, -0.1) is 24.0 Å². The molecule has 1 heterocycles. The van der Waals surface area contributed by atoms with E-state index in [1.165, 1.54) is 18.6 Å². The fourth-order valence-corrected chi connectivity index (χ4v) is 3.93. The van der Waals surface area contributed by atoms with E-state index in [1.807, 2.05) is 30.8 Å². The van der Waals surface area contributed by atoms with Gasteiger partial charge in [0.2, 0.25) is 0 Å². The number of hydrogen-bond donors (Lipinski definition) is 3. The highest BCUT2D eigenvalue weighted by atomic mass is 127. The number of thioether (sulfide) groups is 1. The average Bonchev–Trinajstić information content (AvgIpc) is 3.00. The molecule has 1 unspecified atom stereocenters. The summed E-state index contributed by atoms with van der Waals surface area (Å²) < 4.78 is 5.73. The molecule has 1 aliphatic rings. The van der Waals surface area contributed by atoms with Crippen LogP contribution in [0.3, 0.4) is 0 Å². The monoisotopic (exact) mass is 479 g/mol. The molecule has 0 saturated carbocycles. The smallest absolute Gasteiger partial charge is 0.191 e. The molecule has 25 heavy (non-hydrogen) atoms. The van der Waals surface area contributed by atoms with Gasteiger partial charge in [0.05, 0.1) is 13.2 Å². The van der Waals surface area contributed by atoms with Crippen molar-refractivity contribution in [3.05, 3.63) is 23.8 Å². The molecule has 0 radical (unpaired) electrons. The van der Waals surface area contributed by atoms with Gasteiger partial charge in [-0.1, -0.05) is 6.07 Å². The number of benzene rings is 1. The molecular formula is C18H30IN3O2S. The Balaban J connectivity index is 0.00000312. The molecular weight excluding hydrogens is 449 g/mol. The van der Waals surface area contributed by atoms with Gasteiger partial charge < -0.3 is 20.5 Å². The number of phenols is 1. The van der Waals surface area contributed by atoms with E-state index in [-0.39, 0.29) is 29.7 Å². The normalized spacial score (nSPS) is 20.0. The third-order valence-electron chi connectivity index (χ3n) is 4.02. The second kappa shape index (κ2) is 11.0. The van der Waals surface area contributed by atoms with Gasteiger partial charge in [0.1, 0.15) is 0 Å². The van der Waals surface area contributed by atoms with Gasteiger partial charge >= 0.3 is 0 Å². The van der Waals surface area contributed by atoms with E-state index in [9.17, 15) is 5.11 Å². The summed E-state index contributed by atoms with van der Waals surface area (Å²) in [5.74, 6) is 2.76. The molecule has 2 rings (SSSR count). The van der Waals surface area contributed by atoms with Gasteiger partial charge in [0, 0.05) is 17.8 Å². The van der Waals surface area contributed by atoms with Gasteiger partial charge in [-0.3, -0.25) is 0 Å².